The van der Waals surface area contributed by atoms with Crippen LogP contribution in [0.4, 0.5) is 5.82 Å². The largest absolute Gasteiger partial charge is 0.355 e. The molecule has 1 atom stereocenters. The van der Waals surface area contributed by atoms with Gasteiger partial charge in [0.25, 0.3) is 0 Å². The zero-order valence-electron chi connectivity index (χ0n) is 17.4. The van der Waals surface area contributed by atoms with E-state index in [0.717, 1.165) is 72.3 Å². The smallest absolute Gasteiger partial charge is 0.137 e. The van der Waals surface area contributed by atoms with Gasteiger partial charge in [-0.2, -0.15) is 0 Å². The van der Waals surface area contributed by atoms with Crippen LogP contribution in [-0.4, -0.2) is 34.1 Å². The quantitative estimate of drug-likeness (QED) is 0.693. The first-order valence-electron chi connectivity index (χ1n) is 11.1. The molecule has 30 heavy (non-hydrogen) atoms. The summed E-state index contributed by atoms with van der Waals surface area (Å²) in [6.07, 6.45) is 13.4. The van der Waals surface area contributed by atoms with Crippen LogP contribution in [0.1, 0.15) is 50.6 Å². The van der Waals surface area contributed by atoms with Gasteiger partial charge >= 0.3 is 0 Å². The SMILES string of the molecule is NC1CCCN(c2nc(-c3ccnc(C4(N)CCCCC4)c3)cc3cnccc23)C1. The van der Waals surface area contributed by atoms with E-state index in [0.29, 0.717) is 0 Å². The normalized spacial score (nSPS) is 21.7. The minimum atomic E-state index is -0.324. The van der Waals surface area contributed by atoms with Crippen molar-refractivity contribution in [2.24, 2.45) is 11.5 Å². The summed E-state index contributed by atoms with van der Waals surface area (Å²) in [5.41, 5.74) is 15.7. The van der Waals surface area contributed by atoms with E-state index in [4.69, 9.17) is 16.5 Å². The number of nitrogens with zero attached hydrogens (tertiary/aromatic N) is 4. The van der Waals surface area contributed by atoms with Gasteiger partial charge in [0.1, 0.15) is 5.82 Å². The van der Waals surface area contributed by atoms with Crippen LogP contribution in [0.2, 0.25) is 0 Å². The minimum Gasteiger partial charge on any atom is -0.355 e. The molecule has 1 unspecified atom stereocenters. The third-order valence-electron chi connectivity index (χ3n) is 6.68. The molecule has 6 nitrogen and oxygen atoms in total. The Bertz CT molecular complexity index is 1040. The Kier molecular flexibility index (Phi) is 5.13. The van der Waals surface area contributed by atoms with E-state index in [1.54, 1.807) is 0 Å². The van der Waals surface area contributed by atoms with E-state index in [1.165, 1.54) is 19.3 Å². The molecular formula is C24H30N6. The number of fused-ring (bicyclic) bond motifs is 1. The van der Waals surface area contributed by atoms with Crippen LogP contribution in [-0.2, 0) is 5.54 Å². The topological polar surface area (TPSA) is 94.0 Å². The van der Waals surface area contributed by atoms with Crippen molar-refractivity contribution >= 4 is 16.6 Å². The predicted octanol–water partition coefficient (Wildman–Crippen LogP) is 3.74. The third-order valence-corrected chi connectivity index (χ3v) is 6.68. The van der Waals surface area contributed by atoms with E-state index >= 15 is 0 Å². The van der Waals surface area contributed by atoms with Crippen molar-refractivity contribution in [2.45, 2.75) is 56.5 Å². The maximum atomic E-state index is 6.76. The van der Waals surface area contributed by atoms with Gasteiger partial charge in [-0.25, -0.2) is 4.98 Å². The predicted molar refractivity (Wildman–Crippen MR) is 121 cm³/mol. The molecular weight excluding hydrogens is 372 g/mol. The van der Waals surface area contributed by atoms with Crippen molar-refractivity contribution in [3.8, 4) is 11.3 Å². The minimum absolute atomic E-state index is 0.192. The Morgan fingerprint density at radius 1 is 1.03 bits per heavy atom. The number of nitrogens with two attached hydrogens (primary N) is 2. The Labute approximate surface area is 177 Å². The zero-order chi connectivity index (χ0) is 20.6. The molecule has 156 valence electrons. The summed E-state index contributed by atoms with van der Waals surface area (Å²) < 4.78 is 0. The van der Waals surface area contributed by atoms with E-state index in [9.17, 15) is 0 Å². The Hall–Kier alpha value is -2.57. The van der Waals surface area contributed by atoms with Gasteiger partial charge in [-0.3, -0.25) is 9.97 Å². The first-order chi connectivity index (χ1) is 14.6. The second kappa shape index (κ2) is 7.93. The number of piperidine rings is 1. The van der Waals surface area contributed by atoms with Crippen molar-refractivity contribution in [3.05, 3.63) is 48.5 Å². The lowest BCUT2D eigenvalue weighted by atomic mass is 9.79. The molecule has 6 heteroatoms. The first kappa shape index (κ1) is 19.4. The van der Waals surface area contributed by atoms with Gasteiger partial charge in [-0.05, 0) is 49.9 Å². The highest BCUT2D eigenvalue weighted by atomic mass is 15.2. The molecule has 3 aromatic rings. The fraction of sp³-hybridized carbons (Fsp3) is 0.458. The van der Waals surface area contributed by atoms with Gasteiger partial charge in [0, 0.05) is 54.1 Å². The molecule has 1 aliphatic carbocycles. The van der Waals surface area contributed by atoms with Crippen molar-refractivity contribution in [2.75, 3.05) is 18.0 Å². The molecule has 0 aromatic carbocycles. The molecule has 3 aromatic heterocycles. The molecule has 1 saturated carbocycles. The molecule has 5 rings (SSSR count). The van der Waals surface area contributed by atoms with E-state index in [2.05, 4.69) is 33.1 Å². The van der Waals surface area contributed by atoms with Crippen LogP contribution in [0, 0.1) is 0 Å². The maximum Gasteiger partial charge on any atom is 0.137 e. The monoisotopic (exact) mass is 402 g/mol. The fourth-order valence-electron chi connectivity index (χ4n) is 4.97. The molecule has 0 bridgehead atoms. The Morgan fingerprint density at radius 3 is 2.73 bits per heavy atom. The number of aromatic nitrogens is 3. The van der Waals surface area contributed by atoms with Crippen LogP contribution >= 0.6 is 0 Å². The highest BCUT2D eigenvalue weighted by Gasteiger charge is 2.31. The molecule has 0 spiro atoms. The van der Waals surface area contributed by atoms with Crippen LogP contribution in [0.15, 0.2) is 42.9 Å². The second-order valence-corrected chi connectivity index (χ2v) is 8.92. The average molecular weight is 403 g/mol. The van der Waals surface area contributed by atoms with Crippen molar-refractivity contribution < 1.29 is 0 Å². The number of pyridine rings is 3. The number of hydrogen-bond donors (Lipinski definition) is 2. The van der Waals surface area contributed by atoms with Crippen molar-refractivity contribution in [3.63, 3.8) is 0 Å². The summed E-state index contributed by atoms with van der Waals surface area (Å²) in [4.78, 5) is 16.4. The lowest BCUT2D eigenvalue weighted by molar-refractivity contribution is 0.295. The van der Waals surface area contributed by atoms with Gasteiger partial charge in [0.05, 0.1) is 16.9 Å². The highest BCUT2D eigenvalue weighted by molar-refractivity contribution is 5.94. The van der Waals surface area contributed by atoms with Crippen molar-refractivity contribution in [1.82, 2.24) is 15.0 Å². The van der Waals surface area contributed by atoms with E-state index in [-0.39, 0.29) is 11.6 Å². The van der Waals surface area contributed by atoms with Crippen molar-refractivity contribution in [1.29, 1.82) is 0 Å². The summed E-state index contributed by atoms with van der Waals surface area (Å²) in [5, 5.41) is 2.22. The van der Waals surface area contributed by atoms with Gasteiger partial charge < -0.3 is 16.4 Å². The van der Waals surface area contributed by atoms with Gasteiger partial charge in [0.2, 0.25) is 0 Å². The number of rotatable bonds is 3. The van der Waals surface area contributed by atoms with E-state index < -0.39 is 0 Å². The molecule has 0 amide bonds. The van der Waals surface area contributed by atoms with Crippen LogP contribution in [0.25, 0.3) is 22.0 Å². The fourth-order valence-corrected chi connectivity index (χ4v) is 4.97. The molecule has 2 aliphatic rings. The summed E-state index contributed by atoms with van der Waals surface area (Å²) in [5.74, 6) is 0.999. The zero-order valence-corrected chi connectivity index (χ0v) is 17.4. The van der Waals surface area contributed by atoms with E-state index in [1.807, 2.05) is 24.7 Å². The van der Waals surface area contributed by atoms with Gasteiger partial charge in [-0.1, -0.05) is 19.3 Å². The number of hydrogen-bond acceptors (Lipinski definition) is 6. The molecule has 4 N–H and O–H groups in total. The summed E-state index contributed by atoms with van der Waals surface area (Å²) >= 11 is 0. The second-order valence-electron chi connectivity index (χ2n) is 8.92. The maximum absolute atomic E-state index is 6.76. The molecule has 4 heterocycles. The average Bonchev–Trinajstić information content (AvgIpc) is 2.79. The summed E-state index contributed by atoms with van der Waals surface area (Å²) in [6, 6.07) is 8.54. The molecule has 2 fully saturated rings. The summed E-state index contributed by atoms with van der Waals surface area (Å²) in [6.45, 7) is 1.82. The van der Waals surface area contributed by atoms with Gasteiger partial charge in [-0.15, -0.1) is 0 Å². The first-order valence-corrected chi connectivity index (χ1v) is 11.1. The Morgan fingerprint density at radius 2 is 1.90 bits per heavy atom. The lowest BCUT2D eigenvalue weighted by Crippen LogP contribution is -2.43. The third kappa shape index (κ3) is 3.66. The number of anilines is 1. The lowest BCUT2D eigenvalue weighted by Gasteiger charge is -2.33. The Balaban J connectivity index is 1.59. The molecule has 0 radical (unpaired) electrons. The molecule has 1 saturated heterocycles. The summed E-state index contributed by atoms with van der Waals surface area (Å²) in [7, 11) is 0. The van der Waals surface area contributed by atoms with Crippen LogP contribution in [0.3, 0.4) is 0 Å². The van der Waals surface area contributed by atoms with Crippen LogP contribution in [0.5, 0.6) is 0 Å². The van der Waals surface area contributed by atoms with Gasteiger partial charge in [0.15, 0.2) is 0 Å². The van der Waals surface area contributed by atoms with Crippen LogP contribution < -0.4 is 16.4 Å². The standard InChI is InChI=1S/C24H30N6/c25-19-5-4-12-30(16-19)23-20-7-10-27-15-18(20)13-21(29-23)17-6-11-28-22(14-17)24(26)8-2-1-3-9-24/h6-7,10-11,13-15,19H,1-5,8-9,12,16,25-26H2. The highest BCUT2D eigenvalue weighted by Crippen LogP contribution is 2.36. The molecule has 1 aliphatic heterocycles.